The quantitative estimate of drug-likeness (QED) is 0.895. The molecule has 1 aliphatic rings. The number of likely N-dealkylation sites (N-methyl/N-ethyl adjacent to an activating group) is 1. The highest BCUT2D eigenvalue weighted by Gasteiger charge is 2.34. The predicted octanol–water partition coefficient (Wildman–Crippen LogP) is 2.77. The maximum absolute atomic E-state index is 13.6. The molecule has 1 amide bonds. The Kier molecular flexibility index (Phi) is 4.99. The fourth-order valence-corrected chi connectivity index (χ4v) is 3.39. The number of carbonyl (C=O) groups excluding carboxylic acids is 1. The van der Waals surface area contributed by atoms with Crippen LogP contribution in [0.3, 0.4) is 0 Å². The SMILES string of the molecule is CN1CC[C@@H](NC(=O)Cc2cccc(O)c2)[C@H]1c1ccc(F)c(F)c1. The summed E-state index contributed by atoms with van der Waals surface area (Å²) < 4.78 is 26.8. The zero-order valence-corrected chi connectivity index (χ0v) is 13.9. The number of hydrogen-bond acceptors (Lipinski definition) is 3. The molecular weight excluding hydrogens is 326 g/mol. The third-order valence-corrected chi connectivity index (χ3v) is 4.56. The molecule has 1 aliphatic heterocycles. The van der Waals surface area contributed by atoms with Crippen LogP contribution in [0, 0.1) is 11.6 Å². The minimum Gasteiger partial charge on any atom is -0.508 e. The monoisotopic (exact) mass is 346 g/mol. The van der Waals surface area contributed by atoms with Crippen LogP contribution in [0.5, 0.6) is 5.75 Å². The van der Waals surface area contributed by atoms with Gasteiger partial charge in [-0.25, -0.2) is 8.78 Å². The number of halogens is 2. The fraction of sp³-hybridized carbons (Fsp3) is 0.316. The summed E-state index contributed by atoms with van der Waals surface area (Å²) >= 11 is 0. The van der Waals surface area contributed by atoms with Crippen LogP contribution in [-0.4, -0.2) is 35.5 Å². The van der Waals surface area contributed by atoms with Crippen molar-refractivity contribution in [1.29, 1.82) is 0 Å². The van der Waals surface area contributed by atoms with Gasteiger partial charge >= 0.3 is 0 Å². The first-order chi connectivity index (χ1) is 11.9. The molecular formula is C19H20F2N2O2. The normalized spacial score (nSPS) is 20.6. The average Bonchev–Trinajstić information content (AvgIpc) is 2.90. The smallest absolute Gasteiger partial charge is 0.224 e. The first-order valence-corrected chi connectivity index (χ1v) is 8.16. The molecule has 0 bridgehead atoms. The van der Waals surface area contributed by atoms with Crippen LogP contribution in [0.15, 0.2) is 42.5 Å². The van der Waals surface area contributed by atoms with Gasteiger partial charge in [0.05, 0.1) is 12.5 Å². The summed E-state index contributed by atoms with van der Waals surface area (Å²) in [5.41, 5.74) is 1.36. The molecule has 3 rings (SSSR count). The molecule has 2 aromatic rings. The molecule has 132 valence electrons. The second-order valence-corrected chi connectivity index (χ2v) is 6.41. The van der Waals surface area contributed by atoms with Crippen LogP contribution < -0.4 is 5.32 Å². The number of hydrogen-bond donors (Lipinski definition) is 2. The number of carbonyl (C=O) groups is 1. The number of phenols is 1. The maximum atomic E-state index is 13.6. The summed E-state index contributed by atoms with van der Waals surface area (Å²) in [7, 11) is 1.90. The van der Waals surface area contributed by atoms with E-state index in [-0.39, 0.29) is 30.2 Å². The van der Waals surface area contributed by atoms with Crippen molar-refractivity contribution in [3.63, 3.8) is 0 Å². The lowest BCUT2D eigenvalue weighted by Crippen LogP contribution is -2.39. The van der Waals surface area contributed by atoms with Crippen LogP contribution in [0.2, 0.25) is 0 Å². The second kappa shape index (κ2) is 7.19. The average molecular weight is 346 g/mol. The molecule has 0 saturated carbocycles. The fourth-order valence-electron chi connectivity index (χ4n) is 3.39. The van der Waals surface area contributed by atoms with Crippen LogP contribution in [0.4, 0.5) is 8.78 Å². The molecule has 25 heavy (non-hydrogen) atoms. The van der Waals surface area contributed by atoms with E-state index in [2.05, 4.69) is 5.32 Å². The number of benzene rings is 2. The maximum Gasteiger partial charge on any atom is 0.224 e. The largest absolute Gasteiger partial charge is 0.508 e. The van der Waals surface area contributed by atoms with E-state index in [0.717, 1.165) is 19.0 Å². The number of aromatic hydroxyl groups is 1. The zero-order chi connectivity index (χ0) is 18.0. The lowest BCUT2D eigenvalue weighted by molar-refractivity contribution is -0.121. The van der Waals surface area contributed by atoms with Gasteiger partial charge in [-0.2, -0.15) is 0 Å². The Labute approximate surface area is 145 Å². The summed E-state index contributed by atoms with van der Waals surface area (Å²) in [5.74, 6) is -1.82. The Morgan fingerprint density at radius 2 is 2.04 bits per heavy atom. The first kappa shape index (κ1) is 17.4. The third kappa shape index (κ3) is 3.96. The Morgan fingerprint density at radius 3 is 2.76 bits per heavy atom. The van der Waals surface area contributed by atoms with Crippen molar-refractivity contribution >= 4 is 5.91 Å². The highest BCUT2D eigenvalue weighted by atomic mass is 19.2. The van der Waals surface area contributed by atoms with Gasteiger partial charge in [-0.3, -0.25) is 9.69 Å². The van der Waals surface area contributed by atoms with Crippen molar-refractivity contribution in [2.75, 3.05) is 13.6 Å². The number of amides is 1. The van der Waals surface area contributed by atoms with Gasteiger partial charge in [0, 0.05) is 12.6 Å². The molecule has 0 radical (unpaired) electrons. The summed E-state index contributed by atoms with van der Waals surface area (Å²) in [6, 6.07) is 10.0. The molecule has 6 heteroatoms. The van der Waals surface area contributed by atoms with Crippen molar-refractivity contribution in [2.45, 2.75) is 24.9 Å². The summed E-state index contributed by atoms with van der Waals surface area (Å²) in [6.07, 6.45) is 0.880. The Balaban J connectivity index is 1.72. The molecule has 0 unspecified atom stereocenters. The van der Waals surface area contributed by atoms with E-state index in [1.165, 1.54) is 6.07 Å². The molecule has 1 saturated heterocycles. The summed E-state index contributed by atoms with van der Waals surface area (Å²) in [4.78, 5) is 14.4. The first-order valence-electron chi connectivity index (χ1n) is 8.16. The minimum absolute atomic E-state index is 0.116. The summed E-state index contributed by atoms with van der Waals surface area (Å²) in [6.45, 7) is 0.751. The van der Waals surface area contributed by atoms with Gasteiger partial charge < -0.3 is 10.4 Å². The van der Waals surface area contributed by atoms with E-state index in [0.29, 0.717) is 11.1 Å². The number of phenolic OH excluding ortho intramolecular Hbond substituents is 1. The number of rotatable bonds is 4. The standard InChI is InChI=1S/C19H20F2N2O2/c1-23-8-7-17(19(23)13-5-6-15(20)16(21)11-13)22-18(25)10-12-3-2-4-14(24)9-12/h2-6,9,11,17,19,24H,7-8,10H2,1H3,(H,22,25)/t17-,19-/m1/s1. The van der Waals surface area contributed by atoms with Crippen molar-refractivity contribution in [1.82, 2.24) is 10.2 Å². The second-order valence-electron chi connectivity index (χ2n) is 6.41. The third-order valence-electron chi connectivity index (χ3n) is 4.56. The van der Waals surface area contributed by atoms with E-state index in [4.69, 9.17) is 0 Å². The zero-order valence-electron chi connectivity index (χ0n) is 13.9. The Morgan fingerprint density at radius 1 is 1.24 bits per heavy atom. The topological polar surface area (TPSA) is 52.6 Å². The number of nitrogens with zero attached hydrogens (tertiary/aromatic N) is 1. The van der Waals surface area contributed by atoms with Gasteiger partial charge in [-0.1, -0.05) is 18.2 Å². The highest BCUT2D eigenvalue weighted by molar-refractivity contribution is 5.79. The molecule has 1 heterocycles. The van der Waals surface area contributed by atoms with E-state index in [1.54, 1.807) is 30.3 Å². The minimum atomic E-state index is -0.886. The van der Waals surface area contributed by atoms with Crippen molar-refractivity contribution < 1.29 is 18.7 Å². The van der Waals surface area contributed by atoms with Crippen molar-refractivity contribution in [2.24, 2.45) is 0 Å². The lowest BCUT2D eigenvalue weighted by atomic mass is 9.99. The molecule has 4 nitrogen and oxygen atoms in total. The summed E-state index contributed by atoms with van der Waals surface area (Å²) in [5, 5.41) is 12.5. The van der Waals surface area contributed by atoms with E-state index in [9.17, 15) is 18.7 Å². The molecule has 0 aromatic heterocycles. The van der Waals surface area contributed by atoms with Crippen LogP contribution >= 0.6 is 0 Å². The van der Waals surface area contributed by atoms with Crippen LogP contribution in [0.25, 0.3) is 0 Å². The van der Waals surface area contributed by atoms with Crippen molar-refractivity contribution in [3.8, 4) is 5.75 Å². The number of likely N-dealkylation sites (tertiary alicyclic amines) is 1. The van der Waals surface area contributed by atoms with Gasteiger partial charge in [-0.05, 0) is 48.9 Å². The van der Waals surface area contributed by atoms with E-state index < -0.39 is 11.6 Å². The predicted molar refractivity (Wildman–Crippen MR) is 90.1 cm³/mol. The molecule has 2 N–H and O–H groups in total. The molecule has 0 spiro atoms. The van der Waals surface area contributed by atoms with Crippen LogP contribution in [-0.2, 0) is 11.2 Å². The van der Waals surface area contributed by atoms with Gasteiger partial charge in [0.15, 0.2) is 11.6 Å². The number of nitrogens with one attached hydrogen (secondary N) is 1. The molecule has 2 aromatic carbocycles. The highest BCUT2D eigenvalue weighted by Crippen LogP contribution is 2.31. The van der Waals surface area contributed by atoms with Gasteiger partial charge in [-0.15, -0.1) is 0 Å². The van der Waals surface area contributed by atoms with Crippen molar-refractivity contribution in [3.05, 3.63) is 65.2 Å². The van der Waals surface area contributed by atoms with Crippen LogP contribution in [0.1, 0.15) is 23.6 Å². The Bertz CT molecular complexity index is 782. The molecule has 0 aliphatic carbocycles. The molecule has 1 fully saturated rings. The molecule has 2 atom stereocenters. The van der Waals surface area contributed by atoms with Gasteiger partial charge in [0.25, 0.3) is 0 Å². The van der Waals surface area contributed by atoms with E-state index in [1.807, 2.05) is 11.9 Å². The lowest BCUT2D eigenvalue weighted by Gasteiger charge is -2.26. The van der Waals surface area contributed by atoms with Gasteiger partial charge in [0.1, 0.15) is 5.75 Å². The van der Waals surface area contributed by atoms with E-state index >= 15 is 0 Å². The van der Waals surface area contributed by atoms with Gasteiger partial charge in [0.2, 0.25) is 5.91 Å². The Hall–Kier alpha value is -2.47.